The van der Waals surface area contributed by atoms with Gasteiger partial charge in [-0.2, -0.15) is 0 Å². The number of hydrogen-bond acceptors (Lipinski definition) is 5. The van der Waals surface area contributed by atoms with Crippen LogP contribution in [0.15, 0.2) is 30.9 Å². The number of nitrogens with zero attached hydrogens (tertiary/aromatic N) is 3. The Morgan fingerprint density at radius 3 is 2.85 bits per heavy atom. The molecule has 0 bridgehead atoms. The molecule has 0 aliphatic rings. The lowest BCUT2D eigenvalue weighted by Crippen LogP contribution is -2.18. The van der Waals surface area contributed by atoms with Crippen LogP contribution in [0, 0.1) is 0 Å². The molecule has 0 atom stereocenters. The molecule has 0 fully saturated rings. The molecule has 2 N–H and O–H groups in total. The van der Waals surface area contributed by atoms with Gasteiger partial charge in [0.2, 0.25) is 0 Å². The number of carboxylic acid groups (broad SMARTS) is 1. The summed E-state index contributed by atoms with van der Waals surface area (Å²) in [4.78, 5) is 23.1. The molecule has 6 heteroatoms. The Kier molecular flexibility index (Phi) is 4.73. The number of pyridine rings is 1. The third-order valence-corrected chi connectivity index (χ3v) is 2.98. The summed E-state index contributed by atoms with van der Waals surface area (Å²) in [7, 11) is 0. The fraction of sp³-hybridized carbons (Fsp3) is 0.286. The van der Waals surface area contributed by atoms with Gasteiger partial charge < -0.3 is 10.4 Å². The van der Waals surface area contributed by atoms with Crippen LogP contribution >= 0.6 is 0 Å². The lowest BCUT2D eigenvalue weighted by Gasteiger charge is -2.08. The van der Waals surface area contributed by atoms with Gasteiger partial charge in [0, 0.05) is 25.5 Å². The number of aryl methyl sites for hydroxylation is 1. The maximum Gasteiger partial charge on any atom is 0.339 e. The van der Waals surface area contributed by atoms with Crippen LogP contribution in [-0.2, 0) is 19.5 Å². The van der Waals surface area contributed by atoms with Crippen LogP contribution in [0.25, 0.3) is 0 Å². The molecule has 0 radical (unpaired) electrons. The van der Waals surface area contributed by atoms with Crippen LogP contribution < -0.4 is 5.32 Å². The van der Waals surface area contributed by atoms with Gasteiger partial charge in [0.25, 0.3) is 0 Å². The van der Waals surface area contributed by atoms with E-state index in [4.69, 9.17) is 5.11 Å². The molecule has 0 unspecified atom stereocenters. The molecular formula is C14H16N4O2. The highest BCUT2D eigenvalue weighted by atomic mass is 16.4. The van der Waals surface area contributed by atoms with Gasteiger partial charge in [0.15, 0.2) is 0 Å². The molecule has 0 aliphatic heterocycles. The molecule has 0 aliphatic carbocycles. The molecule has 0 saturated heterocycles. The summed E-state index contributed by atoms with van der Waals surface area (Å²) >= 11 is 0. The van der Waals surface area contributed by atoms with Crippen molar-refractivity contribution in [2.75, 3.05) is 0 Å². The second-order valence-electron chi connectivity index (χ2n) is 4.25. The molecular weight excluding hydrogens is 256 g/mol. The van der Waals surface area contributed by atoms with E-state index < -0.39 is 5.97 Å². The van der Waals surface area contributed by atoms with Crippen molar-refractivity contribution in [1.82, 2.24) is 20.3 Å². The van der Waals surface area contributed by atoms with Crippen molar-refractivity contribution < 1.29 is 9.90 Å². The Bertz CT molecular complexity index is 601. The van der Waals surface area contributed by atoms with Crippen molar-refractivity contribution in [3.63, 3.8) is 0 Å². The summed E-state index contributed by atoms with van der Waals surface area (Å²) in [5.74, 6) is -1.02. The van der Waals surface area contributed by atoms with Gasteiger partial charge in [-0.3, -0.25) is 4.98 Å². The van der Waals surface area contributed by atoms with E-state index in [1.54, 1.807) is 6.20 Å². The summed E-state index contributed by atoms with van der Waals surface area (Å²) in [5, 5.41) is 12.2. The quantitative estimate of drug-likeness (QED) is 0.827. The molecule has 0 saturated carbocycles. The van der Waals surface area contributed by atoms with E-state index in [-0.39, 0.29) is 5.56 Å². The first-order chi connectivity index (χ1) is 9.72. The number of carboxylic acids is 1. The zero-order valence-electron chi connectivity index (χ0n) is 11.2. The Labute approximate surface area is 116 Å². The predicted molar refractivity (Wildman–Crippen MR) is 73.2 cm³/mol. The minimum Gasteiger partial charge on any atom is -0.478 e. The number of hydrogen-bond donors (Lipinski definition) is 2. The SMILES string of the molecule is CCc1cccnc1CNCc1ncncc1C(=O)O. The van der Waals surface area contributed by atoms with Crippen molar-refractivity contribution in [1.29, 1.82) is 0 Å². The summed E-state index contributed by atoms with van der Waals surface area (Å²) in [6.45, 7) is 3.02. The molecule has 2 aromatic rings. The average Bonchev–Trinajstić information content (AvgIpc) is 2.48. The Hall–Kier alpha value is -2.34. The number of rotatable bonds is 6. The van der Waals surface area contributed by atoms with E-state index in [0.717, 1.165) is 12.1 Å². The van der Waals surface area contributed by atoms with Crippen molar-refractivity contribution >= 4 is 5.97 Å². The van der Waals surface area contributed by atoms with Crippen molar-refractivity contribution in [2.45, 2.75) is 26.4 Å². The first-order valence-electron chi connectivity index (χ1n) is 6.38. The van der Waals surface area contributed by atoms with Crippen molar-refractivity contribution in [2.24, 2.45) is 0 Å². The van der Waals surface area contributed by atoms with Crippen molar-refractivity contribution in [3.05, 3.63) is 53.4 Å². The molecule has 104 valence electrons. The van der Waals surface area contributed by atoms with Gasteiger partial charge in [0.05, 0.1) is 11.4 Å². The molecule has 0 aromatic carbocycles. The Balaban J connectivity index is 2.01. The highest BCUT2D eigenvalue weighted by Crippen LogP contribution is 2.07. The summed E-state index contributed by atoms with van der Waals surface area (Å²) in [6, 6.07) is 3.95. The molecule has 2 heterocycles. The first-order valence-corrected chi connectivity index (χ1v) is 6.38. The minimum absolute atomic E-state index is 0.122. The topological polar surface area (TPSA) is 88.0 Å². The maximum atomic E-state index is 11.0. The minimum atomic E-state index is -1.02. The standard InChI is InChI=1S/C14H16N4O2/c1-2-10-4-3-5-17-12(10)7-15-8-13-11(14(19)20)6-16-9-18-13/h3-6,9,15H,2,7-8H2,1H3,(H,19,20). The average molecular weight is 272 g/mol. The van der Waals surface area contributed by atoms with Crippen LogP contribution in [0.3, 0.4) is 0 Å². The van der Waals surface area contributed by atoms with Crippen LogP contribution in [0.4, 0.5) is 0 Å². The zero-order valence-corrected chi connectivity index (χ0v) is 11.2. The highest BCUT2D eigenvalue weighted by Gasteiger charge is 2.11. The predicted octanol–water partition coefficient (Wildman–Crippen LogP) is 1.42. The smallest absolute Gasteiger partial charge is 0.339 e. The second-order valence-corrected chi connectivity index (χ2v) is 4.25. The highest BCUT2D eigenvalue weighted by molar-refractivity contribution is 5.88. The fourth-order valence-electron chi connectivity index (χ4n) is 1.93. The van der Waals surface area contributed by atoms with Gasteiger partial charge in [-0.25, -0.2) is 14.8 Å². The molecule has 0 amide bonds. The number of carbonyl (C=O) groups is 1. The lowest BCUT2D eigenvalue weighted by atomic mass is 10.1. The monoisotopic (exact) mass is 272 g/mol. The molecule has 0 spiro atoms. The Morgan fingerprint density at radius 1 is 1.30 bits per heavy atom. The summed E-state index contributed by atoms with van der Waals surface area (Å²) in [5.41, 5.74) is 2.75. The van der Waals surface area contributed by atoms with E-state index in [2.05, 4.69) is 27.2 Å². The van der Waals surface area contributed by atoms with Crippen molar-refractivity contribution in [3.8, 4) is 0 Å². The third kappa shape index (κ3) is 3.36. The zero-order chi connectivity index (χ0) is 14.4. The van der Waals surface area contributed by atoms with Gasteiger partial charge in [0.1, 0.15) is 11.9 Å². The fourth-order valence-corrected chi connectivity index (χ4v) is 1.93. The first kappa shape index (κ1) is 14.1. The summed E-state index contributed by atoms with van der Waals surface area (Å²) < 4.78 is 0. The normalized spacial score (nSPS) is 10.4. The number of nitrogens with one attached hydrogen (secondary N) is 1. The second kappa shape index (κ2) is 6.72. The van der Waals surface area contributed by atoms with Crippen LogP contribution in [-0.4, -0.2) is 26.0 Å². The molecule has 2 aromatic heterocycles. The molecule has 6 nitrogen and oxygen atoms in total. The van der Waals surface area contributed by atoms with E-state index in [1.807, 2.05) is 12.1 Å². The van der Waals surface area contributed by atoms with Crippen LogP contribution in [0.2, 0.25) is 0 Å². The van der Waals surface area contributed by atoms with E-state index in [0.29, 0.717) is 18.8 Å². The largest absolute Gasteiger partial charge is 0.478 e. The molecule has 20 heavy (non-hydrogen) atoms. The van der Waals surface area contributed by atoms with Gasteiger partial charge in [-0.15, -0.1) is 0 Å². The van der Waals surface area contributed by atoms with Gasteiger partial charge in [-0.1, -0.05) is 13.0 Å². The third-order valence-electron chi connectivity index (χ3n) is 2.98. The maximum absolute atomic E-state index is 11.0. The number of aromatic carboxylic acids is 1. The van der Waals surface area contributed by atoms with E-state index in [1.165, 1.54) is 18.1 Å². The van der Waals surface area contributed by atoms with Crippen LogP contribution in [0.5, 0.6) is 0 Å². The Morgan fingerprint density at radius 2 is 2.10 bits per heavy atom. The summed E-state index contributed by atoms with van der Waals surface area (Å²) in [6.07, 6.45) is 5.33. The van der Waals surface area contributed by atoms with Crippen LogP contribution in [0.1, 0.15) is 34.2 Å². The van der Waals surface area contributed by atoms with Gasteiger partial charge >= 0.3 is 5.97 Å². The molecule has 2 rings (SSSR count). The lowest BCUT2D eigenvalue weighted by molar-refractivity contribution is 0.0694. The van der Waals surface area contributed by atoms with E-state index in [9.17, 15) is 4.79 Å². The van der Waals surface area contributed by atoms with Gasteiger partial charge in [-0.05, 0) is 18.1 Å². The van der Waals surface area contributed by atoms with E-state index >= 15 is 0 Å². The number of aromatic nitrogens is 3.